The average Bonchev–Trinajstić information content (AvgIpc) is 2.77. The molecule has 1 fully saturated rings. The lowest BCUT2D eigenvalue weighted by Crippen LogP contribution is -2.32. The van der Waals surface area contributed by atoms with Crippen molar-refractivity contribution in [1.82, 2.24) is 5.32 Å². The number of nitrogens with one attached hydrogen (secondary N) is 1. The van der Waals surface area contributed by atoms with Crippen LogP contribution >= 0.6 is 11.6 Å². The highest BCUT2D eigenvalue weighted by Crippen LogP contribution is 2.32. The van der Waals surface area contributed by atoms with Crippen LogP contribution in [-0.4, -0.2) is 31.3 Å². The van der Waals surface area contributed by atoms with Gasteiger partial charge in [-0.25, -0.2) is 0 Å². The summed E-state index contributed by atoms with van der Waals surface area (Å²) in [5.74, 6) is 0. The molecule has 1 heterocycles. The van der Waals surface area contributed by atoms with Crippen molar-refractivity contribution in [3.8, 4) is 0 Å². The summed E-state index contributed by atoms with van der Waals surface area (Å²) in [4.78, 5) is 2.21. The molecule has 0 radical (unpaired) electrons. The number of hydrogen-bond acceptors (Lipinski definition) is 3. The van der Waals surface area contributed by atoms with E-state index in [1.807, 2.05) is 13.1 Å². The van der Waals surface area contributed by atoms with Crippen LogP contribution in [0.25, 0.3) is 0 Å². The Bertz CT molecular complexity index is 384. The molecule has 1 unspecified atom stereocenters. The van der Waals surface area contributed by atoms with Crippen LogP contribution in [0.1, 0.15) is 18.4 Å². The van der Waals surface area contributed by atoms with Crippen molar-refractivity contribution >= 4 is 17.3 Å². The molecule has 1 aromatic carbocycles. The van der Waals surface area contributed by atoms with Gasteiger partial charge < -0.3 is 15.3 Å². The molecule has 2 N–H and O–H groups in total. The van der Waals surface area contributed by atoms with E-state index in [0.717, 1.165) is 36.6 Å². The van der Waals surface area contributed by atoms with Crippen LogP contribution in [0.2, 0.25) is 5.02 Å². The quantitative estimate of drug-likeness (QED) is 0.863. The minimum absolute atomic E-state index is 0.203. The summed E-state index contributed by atoms with van der Waals surface area (Å²) in [5.41, 5.74) is 2.23. The van der Waals surface area contributed by atoms with Crippen LogP contribution in [0, 0.1) is 0 Å². The zero-order valence-electron chi connectivity index (χ0n) is 10.1. The molecule has 0 spiro atoms. The average molecular weight is 255 g/mol. The number of hydrogen-bond donors (Lipinski definition) is 2. The highest BCUT2D eigenvalue weighted by molar-refractivity contribution is 6.33. The lowest BCUT2D eigenvalue weighted by molar-refractivity contribution is 0.266. The van der Waals surface area contributed by atoms with Crippen LogP contribution < -0.4 is 10.2 Å². The van der Waals surface area contributed by atoms with Crippen molar-refractivity contribution in [3.63, 3.8) is 0 Å². The van der Waals surface area contributed by atoms with Gasteiger partial charge in [-0.05, 0) is 37.6 Å². The maximum Gasteiger partial charge on any atom is 0.0642 e. The van der Waals surface area contributed by atoms with E-state index in [0.29, 0.717) is 0 Å². The molecule has 1 aliphatic heterocycles. The van der Waals surface area contributed by atoms with Gasteiger partial charge in [-0.1, -0.05) is 17.7 Å². The molecule has 3 nitrogen and oxygen atoms in total. The molecule has 1 saturated heterocycles. The molecule has 0 aromatic heterocycles. The summed E-state index contributed by atoms with van der Waals surface area (Å²) in [6.45, 7) is 2.01. The van der Waals surface area contributed by atoms with Crippen LogP contribution in [0.4, 0.5) is 5.69 Å². The first kappa shape index (κ1) is 12.7. The van der Waals surface area contributed by atoms with Crippen molar-refractivity contribution in [1.29, 1.82) is 0 Å². The van der Waals surface area contributed by atoms with Crippen molar-refractivity contribution in [2.75, 3.05) is 25.1 Å². The zero-order chi connectivity index (χ0) is 12.3. The predicted molar refractivity (Wildman–Crippen MR) is 71.7 cm³/mol. The molecule has 1 aliphatic rings. The summed E-state index contributed by atoms with van der Waals surface area (Å²) in [5, 5.41) is 13.2. The fraction of sp³-hybridized carbons (Fsp3) is 0.538. The van der Waals surface area contributed by atoms with Crippen LogP contribution in [0.3, 0.4) is 0 Å². The number of halogens is 1. The van der Waals surface area contributed by atoms with Crippen molar-refractivity contribution in [2.45, 2.75) is 25.4 Å². The maximum absolute atomic E-state index is 9.33. The molecule has 0 saturated carbocycles. The lowest BCUT2D eigenvalue weighted by atomic mass is 10.1. The van der Waals surface area contributed by atoms with E-state index in [4.69, 9.17) is 11.6 Å². The second-order valence-corrected chi connectivity index (χ2v) is 4.90. The standard InChI is InChI=1S/C13H19ClN2O/c1-15-8-10-4-5-13(12(14)7-10)16-6-2-3-11(16)9-17/h4-5,7,11,15,17H,2-3,6,8-9H2,1H3. The Morgan fingerprint density at radius 1 is 1.53 bits per heavy atom. The summed E-state index contributed by atoms with van der Waals surface area (Å²) in [6, 6.07) is 6.37. The normalized spacial score (nSPS) is 19.9. The number of rotatable bonds is 4. The van der Waals surface area contributed by atoms with E-state index in [9.17, 15) is 5.11 Å². The Balaban J connectivity index is 2.20. The van der Waals surface area contributed by atoms with E-state index in [-0.39, 0.29) is 12.6 Å². The SMILES string of the molecule is CNCc1ccc(N2CCCC2CO)c(Cl)c1. The molecule has 4 heteroatoms. The van der Waals surface area contributed by atoms with Gasteiger partial charge in [-0.3, -0.25) is 0 Å². The van der Waals surface area contributed by atoms with Gasteiger partial charge in [0.25, 0.3) is 0 Å². The van der Waals surface area contributed by atoms with Gasteiger partial charge in [0.1, 0.15) is 0 Å². The Kier molecular flexibility index (Phi) is 4.26. The summed E-state index contributed by atoms with van der Waals surface area (Å²) >= 11 is 6.32. The van der Waals surface area contributed by atoms with E-state index in [1.54, 1.807) is 0 Å². The van der Waals surface area contributed by atoms with Crippen molar-refractivity contribution in [3.05, 3.63) is 28.8 Å². The van der Waals surface area contributed by atoms with Crippen LogP contribution in [0.5, 0.6) is 0 Å². The summed E-state index contributed by atoms with van der Waals surface area (Å²) in [7, 11) is 1.92. The second-order valence-electron chi connectivity index (χ2n) is 4.49. The Morgan fingerprint density at radius 3 is 3.00 bits per heavy atom. The first-order chi connectivity index (χ1) is 8.26. The number of nitrogens with zero attached hydrogens (tertiary/aromatic N) is 1. The minimum Gasteiger partial charge on any atom is -0.394 e. The van der Waals surface area contributed by atoms with Gasteiger partial charge in [-0.15, -0.1) is 0 Å². The van der Waals surface area contributed by atoms with E-state index >= 15 is 0 Å². The van der Waals surface area contributed by atoms with Gasteiger partial charge in [0.05, 0.1) is 23.4 Å². The lowest BCUT2D eigenvalue weighted by Gasteiger charge is -2.26. The van der Waals surface area contributed by atoms with Gasteiger partial charge in [0.15, 0.2) is 0 Å². The highest BCUT2D eigenvalue weighted by atomic mass is 35.5. The molecule has 0 aliphatic carbocycles. The van der Waals surface area contributed by atoms with E-state index in [2.05, 4.69) is 22.3 Å². The summed E-state index contributed by atoms with van der Waals surface area (Å²) in [6.07, 6.45) is 2.17. The van der Waals surface area contributed by atoms with Gasteiger partial charge in [-0.2, -0.15) is 0 Å². The second kappa shape index (κ2) is 5.71. The fourth-order valence-corrected chi connectivity index (χ4v) is 2.75. The van der Waals surface area contributed by atoms with Gasteiger partial charge >= 0.3 is 0 Å². The van der Waals surface area contributed by atoms with Crippen molar-refractivity contribution < 1.29 is 5.11 Å². The minimum atomic E-state index is 0.203. The smallest absolute Gasteiger partial charge is 0.0642 e. The molecule has 0 bridgehead atoms. The number of aliphatic hydroxyl groups is 1. The molecule has 0 amide bonds. The molecule has 17 heavy (non-hydrogen) atoms. The van der Waals surface area contributed by atoms with Crippen LogP contribution in [0.15, 0.2) is 18.2 Å². The van der Waals surface area contributed by atoms with Gasteiger partial charge in [0.2, 0.25) is 0 Å². The third-order valence-electron chi connectivity index (χ3n) is 3.29. The Hall–Kier alpha value is -0.770. The third kappa shape index (κ3) is 2.73. The topological polar surface area (TPSA) is 35.5 Å². The highest BCUT2D eigenvalue weighted by Gasteiger charge is 2.25. The number of benzene rings is 1. The Labute approximate surface area is 107 Å². The first-order valence-electron chi connectivity index (χ1n) is 6.06. The molecular formula is C13H19ClN2O. The van der Waals surface area contributed by atoms with Crippen molar-refractivity contribution in [2.24, 2.45) is 0 Å². The molecule has 94 valence electrons. The molecule has 1 atom stereocenters. The zero-order valence-corrected chi connectivity index (χ0v) is 10.9. The largest absolute Gasteiger partial charge is 0.394 e. The third-order valence-corrected chi connectivity index (χ3v) is 3.59. The molecular weight excluding hydrogens is 236 g/mol. The molecule has 1 aromatic rings. The maximum atomic E-state index is 9.33. The van der Waals surface area contributed by atoms with Crippen LogP contribution in [-0.2, 0) is 6.54 Å². The van der Waals surface area contributed by atoms with E-state index in [1.165, 1.54) is 5.56 Å². The monoisotopic (exact) mass is 254 g/mol. The van der Waals surface area contributed by atoms with Gasteiger partial charge in [0, 0.05) is 13.1 Å². The fourth-order valence-electron chi connectivity index (χ4n) is 2.44. The van der Waals surface area contributed by atoms with E-state index < -0.39 is 0 Å². The number of aliphatic hydroxyl groups excluding tert-OH is 1. The Morgan fingerprint density at radius 2 is 2.35 bits per heavy atom. The summed E-state index contributed by atoms with van der Waals surface area (Å²) < 4.78 is 0. The number of anilines is 1. The predicted octanol–water partition coefficient (Wildman–Crippen LogP) is 2.02. The first-order valence-corrected chi connectivity index (χ1v) is 6.44. The molecule has 2 rings (SSSR count).